The zero-order chi connectivity index (χ0) is 22.2. The number of carbonyl (C=O) groups excluding carboxylic acids is 1. The van der Waals surface area contributed by atoms with Crippen LogP contribution in [-0.4, -0.2) is 60.8 Å². The molecule has 168 valence electrons. The number of amides is 1. The number of methoxy groups -OCH3 is 1. The molecular weight excluding hydrogens is 404 g/mol. The second kappa shape index (κ2) is 8.65. The minimum Gasteiger partial charge on any atom is -0.378 e. The molecule has 1 fully saturated rings. The molecule has 2 aliphatic heterocycles. The number of fused-ring (bicyclic) bond motifs is 2. The van der Waals surface area contributed by atoms with Crippen LogP contribution in [0.25, 0.3) is 22.2 Å². The van der Waals surface area contributed by atoms with Crippen LogP contribution in [0, 0.1) is 13.8 Å². The van der Waals surface area contributed by atoms with E-state index in [1.54, 1.807) is 7.11 Å². The standard InChI is InChI=1S/C25H30N4O3/c1-15-16(2)28-25-20(15)10-19(11-27-25)18-8-17-4-6-29(24(30)14-31-3)12-22(17)21(9-18)23-13-32-7-5-26-23/h8-11,23,26H,4-7,12-14H2,1-3H3,(H,27,28). The molecule has 0 saturated carbocycles. The van der Waals surface area contributed by atoms with Gasteiger partial charge in [-0.25, -0.2) is 4.98 Å². The number of nitrogens with one attached hydrogen (secondary N) is 2. The molecule has 1 atom stereocenters. The number of aromatic nitrogens is 2. The van der Waals surface area contributed by atoms with Crippen LogP contribution in [0.15, 0.2) is 24.4 Å². The second-order valence-corrected chi connectivity index (χ2v) is 8.78. The number of carbonyl (C=O) groups is 1. The molecule has 3 aromatic rings. The van der Waals surface area contributed by atoms with E-state index in [9.17, 15) is 4.79 Å². The Morgan fingerprint density at radius 3 is 2.94 bits per heavy atom. The Morgan fingerprint density at radius 1 is 1.28 bits per heavy atom. The molecule has 0 bridgehead atoms. The molecule has 1 aromatic carbocycles. The lowest BCUT2D eigenvalue weighted by atomic mass is 9.87. The highest BCUT2D eigenvalue weighted by atomic mass is 16.5. The first-order valence-electron chi connectivity index (χ1n) is 11.2. The summed E-state index contributed by atoms with van der Waals surface area (Å²) in [4.78, 5) is 22.4. The monoisotopic (exact) mass is 434 g/mol. The Morgan fingerprint density at radius 2 is 2.16 bits per heavy atom. The van der Waals surface area contributed by atoms with Gasteiger partial charge >= 0.3 is 0 Å². The van der Waals surface area contributed by atoms with Crippen molar-refractivity contribution in [3.63, 3.8) is 0 Å². The summed E-state index contributed by atoms with van der Waals surface area (Å²) in [6.07, 6.45) is 2.78. The molecule has 32 heavy (non-hydrogen) atoms. The number of morpholine rings is 1. The van der Waals surface area contributed by atoms with Crippen molar-refractivity contribution >= 4 is 16.9 Å². The summed E-state index contributed by atoms with van der Waals surface area (Å²) in [6.45, 7) is 7.84. The third-order valence-corrected chi connectivity index (χ3v) is 6.79. The molecule has 2 N–H and O–H groups in total. The van der Waals surface area contributed by atoms with Gasteiger partial charge in [-0.3, -0.25) is 4.79 Å². The number of H-pyrrole nitrogens is 1. The first-order chi connectivity index (χ1) is 15.5. The third kappa shape index (κ3) is 3.81. The lowest BCUT2D eigenvalue weighted by Gasteiger charge is -2.34. The first kappa shape index (κ1) is 21.1. The van der Waals surface area contributed by atoms with E-state index in [0.29, 0.717) is 19.7 Å². The summed E-state index contributed by atoms with van der Waals surface area (Å²) >= 11 is 0. The molecule has 1 unspecified atom stereocenters. The van der Waals surface area contributed by atoms with Gasteiger partial charge in [0.05, 0.1) is 19.3 Å². The van der Waals surface area contributed by atoms with Gasteiger partial charge < -0.3 is 24.7 Å². The molecule has 0 radical (unpaired) electrons. The number of hydrogen-bond donors (Lipinski definition) is 2. The van der Waals surface area contributed by atoms with E-state index in [2.05, 4.69) is 47.3 Å². The van der Waals surface area contributed by atoms with Crippen molar-refractivity contribution in [1.29, 1.82) is 0 Å². The average molecular weight is 435 g/mol. The number of aromatic amines is 1. The molecule has 0 spiro atoms. The molecule has 1 saturated heterocycles. The lowest BCUT2D eigenvalue weighted by molar-refractivity contribution is -0.136. The van der Waals surface area contributed by atoms with Gasteiger partial charge in [0, 0.05) is 49.6 Å². The molecular formula is C25H30N4O3. The van der Waals surface area contributed by atoms with Crippen LogP contribution < -0.4 is 5.32 Å². The van der Waals surface area contributed by atoms with Crippen molar-refractivity contribution in [2.24, 2.45) is 0 Å². The highest BCUT2D eigenvalue weighted by Crippen LogP contribution is 2.34. The first-order valence-corrected chi connectivity index (χ1v) is 11.2. The van der Waals surface area contributed by atoms with Crippen molar-refractivity contribution in [3.05, 3.63) is 52.3 Å². The van der Waals surface area contributed by atoms with Crippen LogP contribution in [0.1, 0.15) is 34.0 Å². The van der Waals surface area contributed by atoms with Gasteiger partial charge in [0.15, 0.2) is 0 Å². The van der Waals surface area contributed by atoms with Crippen LogP contribution in [-0.2, 0) is 27.2 Å². The summed E-state index contributed by atoms with van der Waals surface area (Å²) in [6, 6.07) is 6.88. The van der Waals surface area contributed by atoms with E-state index in [-0.39, 0.29) is 18.6 Å². The minimum atomic E-state index is 0.0361. The molecule has 5 rings (SSSR count). The molecule has 7 heteroatoms. The van der Waals surface area contributed by atoms with Crippen LogP contribution in [0.4, 0.5) is 0 Å². The van der Waals surface area contributed by atoms with Crippen molar-refractivity contribution in [1.82, 2.24) is 20.2 Å². The predicted octanol–water partition coefficient (Wildman–Crippen LogP) is 3.04. The van der Waals surface area contributed by atoms with Crippen molar-refractivity contribution in [2.45, 2.75) is 32.9 Å². The number of ether oxygens (including phenoxy) is 2. The molecule has 1 amide bonds. The Kier molecular flexibility index (Phi) is 5.71. The van der Waals surface area contributed by atoms with Gasteiger partial charge in [-0.05, 0) is 60.2 Å². The van der Waals surface area contributed by atoms with Gasteiger partial charge in [-0.1, -0.05) is 6.07 Å². The number of nitrogens with zero attached hydrogens (tertiary/aromatic N) is 2. The maximum Gasteiger partial charge on any atom is 0.248 e. The molecule has 2 aromatic heterocycles. The van der Waals surface area contributed by atoms with E-state index < -0.39 is 0 Å². The maximum absolute atomic E-state index is 12.5. The van der Waals surface area contributed by atoms with E-state index in [1.165, 1.54) is 22.3 Å². The number of benzene rings is 1. The Labute approximate surface area is 188 Å². The highest BCUT2D eigenvalue weighted by Gasteiger charge is 2.27. The largest absolute Gasteiger partial charge is 0.378 e. The number of rotatable bonds is 4. The smallest absolute Gasteiger partial charge is 0.248 e. The molecule has 2 aliphatic rings. The molecule has 7 nitrogen and oxygen atoms in total. The number of aryl methyl sites for hydroxylation is 2. The zero-order valence-corrected chi connectivity index (χ0v) is 19.0. The third-order valence-electron chi connectivity index (χ3n) is 6.79. The summed E-state index contributed by atoms with van der Waals surface area (Å²) < 4.78 is 10.9. The van der Waals surface area contributed by atoms with Crippen molar-refractivity contribution in [2.75, 3.05) is 40.0 Å². The SMILES string of the molecule is COCC(=O)N1CCc2cc(-c3cnc4[nH]c(C)c(C)c4c3)cc(C3COCCN3)c2C1. The average Bonchev–Trinajstić information content (AvgIpc) is 3.11. The second-order valence-electron chi connectivity index (χ2n) is 8.78. The van der Waals surface area contributed by atoms with Gasteiger partial charge in [-0.15, -0.1) is 0 Å². The summed E-state index contributed by atoms with van der Waals surface area (Å²) in [7, 11) is 1.56. The Hall–Kier alpha value is -2.74. The summed E-state index contributed by atoms with van der Waals surface area (Å²) in [5.74, 6) is 0.0361. The molecule has 0 aliphatic carbocycles. The van der Waals surface area contributed by atoms with Gasteiger partial charge in [0.1, 0.15) is 12.3 Å². The van der Waals surface area contributed by atoms with E-state index in [4.69, 9.17) is 9.47 Å². The quantitative estimate of drug-likeness (QED) is 0.660. The van der Waals surface area contributed by atoms with Crippen LogP contribution in [0.2, 0.25) is 0 Å². The van der Waals surface area contributed by atoms with Crippen molar-refractivity contribution in [3.8, 4) is 11.1 Å². The van der Waals surface area contributed by atoms with Crippen molar-refractivity contribution < 1.29 is 14.3 Å². The Bertz CT molecular complexity index is 1160. The topological polar surface area (TPSA) is 79.5 Å². The van der Waals surface area contributed by atoms with Gasteiger partial charge in [0.25, 0.3) is 0 Å². The maximum atomic E-state index is 12.5. The minimum absolute atomic E-state index is 0.0361. The van der Waals surface area contributed by atoms with E-state index >= 15 is 0 Å². The van der Waals surface area contributed by atoms with Gasteiger partial charge in [-0.2, -0.15) is 0 Å². The normalized spacial score (nSPS) is 18.7. The van der Waals surface area contributed by atoms with Crippen LogP contribution in [0.3, 0.4) is 0 Å². The van der Waals surface area contributed by atoms with E-state index in [0.717, 1.165) is 47.4 Å². The fraction of sp³-hybridized carbons (Fsp3) is 0.440. The zero-order valence-electron chi connectivity index (χ0n) is 19.0. The number of hydrogen-bond acceptors (Lipinski definition) is 5. The highest BCUT2D eigenvalue weighted by molar-refractivity contribution is 5.86. The lowest BCUT2D eigenvalue weighted by Crippen LogP contribution is -2.40. The Balaban J connectivity index is 1.58. The fourth-order valence-electron chi connectivity index (χ4n) is 4.85. The van der Waals surface area contributed by atoms with Crippen LogP contribution >= 0.6 is 0 Å². The predicted molar refractivity (Wildman–Crippen MR) is 124 cm³/mol. The summed E-state index contributed by atoms with van der Waals surface area (Å²) in [5, 5.41) is 4.76. The fourth-order valence-corrected chi connectivity index (χ4v) is 4.85. The molecule has 4 heterocycles. The number of pyridine rings is 1. The summed E-state index contributed by atoms with van der Waals surface area (Å²) in [5.41, 5.74) is 9.34. The van der Waals surface area contributed by atoms with E-state index in [1.807, 2.05) is 11.1 Å². The van der Waals surface area contributed by atoms with Gasteiger partial charge in [0.2, 0.25) is 5.91 Å². The van der Waals surface area contributed by atoms with Crippen LogP contribution in [0.5, 0.6) is 0 Å².